The van der Waals surface area contributed by atoms with Gasteiger partial charge in [0.05, 0.1) is 17.4 Å². The lowest BCUT2D eigenvalue weighted by molar-refractivity contribution is -0.121. The summed E-state index contributed by atoms with van der Waals surface area (Å²) in [6.45, 7) is 2.03. The molecular formula is C27H22ClFN4O2S. The first-order chi connectivity index (χ1) is 17.4. The first-order valence-corrected chi connectivity index (χ1v) is 12.7. The number of aliphatic imine (C=N–C) groups is 1. The summed E-state index contributed by atoms with van der Waals surface area (Å²) in [6.07, 6.45) is 0.496. The average molecular weight is 521 g/mol. The highest BCUT2D eigenvalue weighted by atomic mass is 35.5. The number of benzene rings is 3. The maximum absolute atomic E-state index is 13.9. The molecule has 2 heterocycles. The molecule has 36 heavy (non-hydrogen) atoms. The Hall–Kier alpha value is -3.49. The molecule has 1 N–H and O–H groups in total. The van der Waals surface area contributed by atoms with Crippen molar-refractivity contribution in [1.82, 2.24) is 5.01 Å². The van der Waals surface area contributed by atoms with E-state index >= 15 is 0 Å². The van der Waals surface area contributed by atoms with E-state index in [1.54, 1.807) is 17.1 Å². The van der Waals surface area contributed by atoms with Gasteiger partial charge in [0.2, 0.25) is 5.91 Å². The van der Waals surface area contributed by atoms with Crippen molar-refractivity contribution in [1.29, 1.82) is 0 Å². The zero-order valence-electron chi connectivity index (χ0n) is 19.3. The van der Waals surface area contributed by atoms with E-state index in [1.165, 1.54) is 23.9 Å². The molecule has 2 atom stereocenters. The van der Waals surface area contributed by atoms with E-state index in [2.05, 4.69) is 10.3 Å². The largest absolute Gasteiger partial charge is 0.324 e. The van der Waals surface area contributed by atoms with Crippen LogP contribution >= 0.6 is 23.4 Å². The number of para-hydroxylation sites is 1. The van der Waals surface area contributed by atoms with E-state index in [0.29, 0.717) is 16.6 Å². The molecule has 6 nitrogen and oxygen atoms in total. The second-order valence-corrected chi connectivity index (χ2v) is 10.2. The number of amidine groups is 1. The molecule has 2 aliphatic rings. The minimum absolute atomic E-state index is 0.0776. The highest BCUT2D eigenvalue weighted by molar-refractivity contribution is 8.15. The van der Waals surface area contributed by atoms with Crippen molar-refractivity contribution in [3.8, 4) is 0 Å². The topological polar surface area (TPSA) is 74.1 Å². The summed E-state index contributed by atoms with van der Waals surface area (Å²) in [5.74, 6) is -1.40. The Morgan fingerprint density at radius 1 is 1.11 bits per heavy atom. The minimum atomic E-state index is -0.712. The summed E-state index contributed by atoms with van der Waals surface area (Å²) < 4.78 is 13.9. The third-order valence-electron chi connectivity index (χ3n) is 5.99. The second kappa shape index (κ2) is 10.2. The van der Waals surface area contributed by atoms with E-state index < -0.39 is 22.9 Å². The first-order valence-electron chi connectivity index (χ1n) is 11.4. The molecule has 0 aromatic heterocycles. The van der Waals surface area contributed by atoms with Crippen LogP contribution in [0.15, 0.2) is 82.9 Å². The second-order valence-electron chi connectivity index (χ2n) is 8.60. The summed E-state index contributed by atoms with van der Waals surface area (Å²) in [7, 11) is 0. The van der Waals surface area contributed by atoms with Crippen LogP contribution in [0.2, 0.25) is 5.02 Å². The molecule has 182 valence electrons. The number of carbonyl (C=O) groups is 2. The van der Waals surface area contributed by atoms with Crippen molar-refractivity contribution in [3.63, 3.8) is 0 Å². The third kappa shape index (κ3) is 5.20. The number of hydrogen-bond acceptors (Lipinski definition) is 5. The molecule has 2 unspecified atom stereocenters. The van der Waals surface area contributed by atoms with Crippen molar-refractivity contribution < 1.29 is 14.0 Å². The Morgan fingerprint density at radius 2 is 1.83 bits per heavy atom. The van der Waals surface area contributed by atoms with Gasteiger partial charge in [0.25, 0.3) is 5.91 Å². The summed E-state index contributed by atoms with van der Waals surface area (Å²) in [5, 5.41) is 9.49. The fourth-order valence-electron chi connectivity index (χ4n) is 4.09. The number of carbonyl (C=O) groups excluding carboxylic acids is 2. The van der Waals surface area contributed by atoms with Gasteiger partial charge in [0.15, 0.2) is 5.17 Å². The number of nitrogens with one attached hydrogen (secondary N) is 1. The molecule has 0 aliphatic carbocycles. The highest BCUT2D eigenvalue weighted by Crippen LogP contribution is 2.39. The van der Waals surface area contributed by atoms with Gasteiger partial charge in [-0.1, -0.05) is 77.5 Å². The predicted molar refractivity (Wildman–Crippen MR) is 142 cm³/mol. The van der Waals surface area contributed by atoms with Gasteiger partial charge in [-0.05, 0) is 42.3 Å². The monoisotopic (exact) mass is 520 g/mol. The van der Waals surface area contributed by atoms with Gasteiger partial charge in [-0.15, -0.1) is 0 Å². The van der Waals surface area contributed by atoms with E-state index in [-0.39, 0.29) is 18.2 Å². The molecule has 9 heteroatoms. The number of anilines is 1. The number of rotatable bonds is 5. The molecule has 0 radical (unpaired) electrons. The maximum Gasteiger partial charge on any atom is 0.262 e. The Kier molecular flexibility index (Phi) is 6.89. The zero-order chi connectivity index (χ0) is 25.2. The maximum atomic E-state index is 13.9. The first kappa shape index (κ1) is 24.2. The normalized spacial score (nSPS) is 19.3. The Morgan fingerprint density at radius 3 is 2.56 bits per heavy atom. The molecule has 3 aromatic rings. The van der Waals surface area contributed by atoms with Crippen LogP contribution in [0.5, 0.6) is 0 Å². The van der Waals surface area contributed by atoms with E-state index in [0.717, 1.165) is 22.4 Å². The van der Waals surface area contributed by atoms with Crippen LogP contribution in [0.1, 0.15) is 35.6 Å². The van der Waals surface area contributed by atoms with Crippen LogP contribution in [0.3, 0.4) is 0 Å². The zero-order valence-corrected chi connectivity index (χ0v) is 20.9. The lowest BCUT2D eigenvalue weighted by Crippen LogP contribution is -2.25. The van der Waals surface area contributed by atoms with Gasteiger partial charge in [-0.25, -0.2) is 9.40 Å². The smallest absolute Gasteiger partial charge is 0.262 e. The lowest BCUT2D eigenvalue weighted by atomic mass is 9.98. The molecule has 0 fully saturated rings. The van der Waals surface area contributed by atoms with Crippen LogP contribution in [0.25, 0.3) is 0 Å². The average Bonchev–Trinajstić information content (AvgIpc) is 3.45. The van der Waals surface area contributed by atoms with Gasteiger partial charge in [0.1, 0.15) is 11.1 Å². The molecule has 0 bridgehead atoms. The molecule has 3 aromatic carbocycles. The van der Waals surface area contributed by atoms with Crippen LogP contribution < -0.4 is 5.32 Å². The molecule has 5 rings (SSSR count). The van der Waals surface area contributed by atoms with Crippen LogP contribution in [0, 0.1) is 12.7 Å². The number of halogens is 2. The van der Waals surface area contributed by atoms with Crippen molar-refractivity contribution in [2.45, 2.75) is 31.1 Å². The number of nitrogens with zero attached hydrogens (tertiary/aromatic N) is 3. The van der Waals surface area contributed by atoms with E-state index in [4.69, 9.17) is 16.7 Å². The Labute approximate surface area is 217 Å². The lowest BCUT2D eigenvalue weighted by Gasteiger charge is -2.23. The number of thioether (sulfide) groups is 1. The van der Waals surface area contributed by atoms with E-state index in [9.17, 15) is 14.0 Å². The SMILES string of the molecule is Cc1ccc(C2=NN(C3=NC(=O)C(CC(=O)Nc4ccccc4F)S3)C(c3ccc(Cl)cc3)C2)cc1. The fraction of sp³-hybridized carbons (Fsp3) is 0.185. The van der Waals surface area contributed by atoms with Crippen LogP contribution in [-0.4, -0.2) is 33.0 Å². The van der Waals surface area contributed by atoms with Gasteiger partial charge in [0, 0.05) is 17.9 Å². The molecular weight excluding hydrogens is 499 g/mol. The number of hydrazone groups is 1. The van der Waals surface area contributed by atoms with Crippen molar-refractivity contribution in [2.24, 2.45) is 10.1 Å². The summed E-state index contributed by atoms with van der Waals surface area (Å²) in [5.41, 5.74) is 4.10. The molecule has 0 saturated carbocycles. The van der Waals surface area contributed by atoms with Gasteiger partial charge in [-0.3, -0.25) is 9.59 Å². The van der Waals surface area contributed by atoms with Gasteiger partial charge in [-0.2, -0.15) is 10.1 Å². The van der Waals surface area contributed by atoms with Gasteiger partial charge < -0.3 is 5.32 Å². The van der Waals surface area contributed by atoms with Crippen LogP contribution in [0.4, 0.5) is 10.1 Å². The molecule has 0 spiro atoms. The van der Waals surface area contributed by atoms with Gasteiger partial charge >= 0.3 is 0 Å². The number of aryl methyl sites for hydroxylation is 1. The van der Waals surface area contributed by atoms with Crippen molar-refractivity contribution in [2.75, 3.05) is 5.32 Å². The predicted octanol–water partition coefficient (Wildman–Crippen LogP) is 5.97. The quantitative estimate of drug-likeness (QED) is 0.450. The Balaban J connectivity index is 1.36. The summed E-state index contributed by atoms with van der Waals surface area (Å²) in [6, 6.07) is 21.4. The highest BCUT2D eigenvalue weighted by Gasteiger charge is 2.39. The minimum Gasteiger partial charge on any atom is -0.324 e. The van der Waals surface area contributed by atoms with E-state index in [1.807, 2.05) is 55.5 Å². The third-order valence-corrected chi connectivity index (χ3v) is 7.39. The van der Waals surface area contributed by atoms with Crippen LogP contribution in [-0.2, 0) is 9.59 Å². The summed E-state index contributed by atoms with van der Waals surface area (Å²) in [4.78, 5) is 29.5. The molecule has 0 saturated heterocycles. The number of amides is 2. The summed E-state index contributed by atoms with van der Waals surface area (Å²) >= 11 is 7.30. The fourth-order valence-corrected chi connectivity index (χ4v) is 5.28. The number of hydrogen-bond donors (Lipinski definition) is 1. The molecule has 2 aliphatic heterocycles. The van der Waals surface area contributed by atoms with Crippen molar-refractivity contribution >= 4 is 51.7 Å². The van der Waals surface area contributed by atoms with Crippen molar-refractivity contribution in [3.05, 3.63) is 100 Å². The standard InChI is InChI=1S/C27H22ClFN4O2S/c1-16-6-8-17(9-7-16)22-14-23(18-10-12-19(28)13-11-18)33(32-22)27-31-26(35)24(36-27)15-25(34)30-21-5-3-2-4-20(21)29/h2-13,23-24H,14-15H2,1H3,(H,30,34). The Bertz CT molecular complexity index is 1380. The molecule has 2 amide bonds.